The zero-order chi connectivity index (χ0) is 11.3. The number of halogens is 1. The van der Waals surface area contributed by atoms with Crippen LogP contribution in [0.2, 0.25) is 0 Å². The van der Waals surface area contributed by atoms with Crippen LogP contribution < -0.4 is 11.1 Å². The molecule has 3 N–H and O–H groups in total. The monoisotopic (exact) mass is 272 g/mol. The number of nitrogen functional groups attached to an aromatic ring is 1. The molecule has 0 aliphatic rings. The maximum atomic E-state index is 5.54. The van der Waals surface area contributed by atoms with E-state index < -0.39 is 0 Å². The Morgan fingerprint density at radius 3 is 2.87 bits per heavy atom. The third-order valence-electron chi connectivity index (χ3n) is 2.23. The van der Waals surface area contributed by atoms with Crippen LogP contribution >= 0.6 is 15.9 Å². The molecule has 84 valence electrons. The lowest BCUT2D eigenvalue weighted by molar-refractivity contribution is 0.620. The Morgan fingerprint density at radius 2 is 2.27 bits per heavy atom. The van der Waals surface area contributed by atoms with Gasteiger partial charge in [0.1, 0.15) is 5.82 Å². The molecule has 0 bridgehead atoms. The van der Waals surface area contributed by atoms with E-state index in [4.69, 9.17) is 5.73 Å². The summed E-state index contributed by atoms with van der Waals surface area (Å²) >= 11 is 3.40. The van der Waals surface area contributed by atoms with E-state index in [9.17, 15) is 0 Å². The van der Waals surface area contributed by atoms with Crippen LogP contribution in [0.1, 0.15) is 33.1 Å². The van der Waals surface area contributed by atoms with Gasteiger partial charge >= 0.3 is 0 Å². The maximum Gasteiger partial charge on any atom is 0.221 e. The first-order valence-electron chi connectivity index (χ1n) is 5.21. The van der Waals surface area contributed by atoms with E-state index in [1.54, 1.807) is 6.20 Å². The topological polar surface area (TPSA) is 63.8 Å². The molecule has 0 aliphatic carbocycles. The molecule has 5 heteroatoms. The van der Waals surface area contributed by atoms with Gasteiger partial charge in [-0.25, -0.2) is 4.98 Å². The van der Waals surface area contributed by atoms with Gasteiger partial charge < -0.3 is 11.1 Å². The first-order chi connectivity index (χ1) is 7.17. The zero-order valence-electron chi connectivity index (χ0n) is 9.13. The van der Waals surface area contributed by atoms with Crippen molar-refractivity contribution in [3.05, 3.63) is 10.7 Å². The first-order valence-corrected chi connectivity index (χ1v) is 6.01. The summed E-state index contributed by atoms with van der Waals surface area (Å²) < 4.78 is 0.853. The van der Waals surface area contributed by atoms with Crippen LogP contribution in [0.15, 0.2) is 10.7 Å². The lowest BCUT2D eigenvalue weighted by Crippen LogP contribution is -2.19. The molecular formula is C10H17BrN4. The van der Waals surface area contributed by atoms with E-state index in [0.717, 1.165) is 29.6 Å². The van der Waals surface area contributed by atoms with Crippen molar-refractivity contribution in [3.8, 4) is 0 Å². The third kappa shape index (κ3) is 3.66. The van der Waals surface area contributed by atoms with Crippen LogP contribution in [0.25, 0.3) is 0 Å². The number of hydrogen-bond donors (Lipinski definition) is 2. The van der Waals surface area contributed by atoms with Gasteiger partial charge in [0.05, 0.1) is 4.47 Å². The fraction of sp³-hybridized carbons (Fsp3) is 0.600. The van der Waals surface area contributed by atoms with Crippen molar-refractivity contribution in [1.29, 1.82) is 0 Å². The molecule has 1 heterocycles. The molecule has 0 spiro atoms. The maximum absolute atomic E-state index is 5.54. The van der Waals surface area contributed by atoms with Crippen LogP contribution in [-0.4, -0.2) is 16.0 Å². The first kappa shape index (κ1) is 12.2. The fourth-order valence-electron chi connectivity index (χ4n) is 1.40. The summed E-state index contributed by atoms with van der Waals surface area (Å²) in [5.74, 6) is 1.08. The SMILES string of the molecule is CCCC(CC)Nc1nc(N)ncc1Br. The Kier molecular flexibility index (Phi) is 4.81. The predicted molar refractivity (Wildman–Crippen MR) is 66.8 cm³/mol. The van der Waals surface area contributed by atoms with Gasteiger partial charge in [-0.15, -0.1) is 0 Å². The molecule has 1 aromatic heterocycles. The van der Waals surface area contributed by atoms with Crippen molar-refractivity contribution in [2.45, 2.75) is 39.2 Å². The molecule has 0 fully saturated rings. The van der Waals surface area contributed by atoms with Crippen LogP contribution in [0, 0.1) is 0 Å². The molecule has 0 radical (unpaired) electrons. The number of nitrogens with two attached hydrogens (primary N) is 1. The number of nitrogens with zero attached hydrogens (tertiary/aromatic N) is 2. The number of anilines is 2. The van der Waals surface area contributed by atoms with Crippen molar-refractivity contribution in [2.75, 3.05) is 11.1 Å². The molecule has 1 rings (SSSR count). The number of rotatable bonds is 5. The van der Waals surface area contributed by atoms with Crippen molar-refractivity contribution in [2.24, 2.45) is 0 Å². The van der Waals surface area contributed by atoms with Crippen LogP contribution in [0.3, 0.4) is 0 Å². The van der Waals surface area contributed by atoms with Crippen molar-refractivity contribution >= 4 is 27.7 Å². The molecule has 15 heavy (non-hydrogen) atoms. The third-order valence-corrected chi connectivity index (χ3v) is 2.81. The van der Waals surface area contributed by atoms with Crippen LogP contribution in [-0.2, 0) is 0 Å². The van der Waals surface area contributed by atoms with Gasteiger partial charge in [0.15, 0.2) is 0 Å². The summed E-state index contributed by atoms with van der Waals surface area (Å²) in [7, 11) is 0. The van der Waals surface area contributed by atoms with E-state index in [0.29, 0.717) is 12.0 Å². The summed E-state index contributed by atoms with van der Waals surface area (Å²) in [5, 5.41) is 3.36. The lowest BCUT2D eigenvalue weighted by atomic mass is 10.1. The van der Waals surface area contributed by atoms with Gasteiger partial charge in [0.2, 0.25) is 5.95 Å². The highest BCUT2D eigenvalue weighted by Crippen LogP contribution is 2.21. The number of hydrogen-bond acceptors (Lipinski definition) is 4. The highest BCUT2D eigenvalue weighted by atomic mass is 79.9. The van der Waals surface area contributed by atoms with Crippen molar-refractivity contribution in [1.82, 2.24) is 9.97 Å². The van der Waals surface area contributed by atoms with Gasteiger partial charge in [0.25, 0.3) is 0 Å². The lowest BCUT2D eigenvalue weighted by Gasteiger charge is -2.17. The van der Waals surface area contributed by atoms with E-state index in [1.807, 2.05) is 0 Å². The normalized spacial score (nSPS) is 12.5. The minimum atomic E-state index is 0.298. The minimum Gasteiger partial charge on any atom is -0.368 e. The number of aromatic nitrogens is 2. The molecule has 0 saturated carbocycles. The van der Waals surface area contributed by atoms with Gasteiger partial charge in [-0.1, -0.05) is 20.3 Å². The van der Waals surface area contributed by atoms with E-state index in [1.165, 1.54) is 0 Å². The Hall–Kier alpha value is -0.840. The summed E-state index contributed by atoms with van der Waals surface area (Å²) in [6.07, 6.45) is 5.03. The van der Waals surface area contributed by atoms with Crippen LogP contribution in [0.4, 0.5) is 11.8 Å². The van der Waals surface area contributed by atoms with E-state index in [-0.39, 0.29) is 0 Å². The molecule has 1 unspecified atom stereocenters. The van der Waals surface area contributed by atoms with Crippen LogP contribution in [0.5, 0.6) is 0 Å². The Bertz CT molecular complexity index is 316. The second-order valence-corrected chi connectivity index (χ2v) is 4.32. The fourth-order valence-corrected chi connectivity index (χ4v) is 1.71. The highest BCUT2D eigenvalue weighted by molar-refractivity contribution is 9.10. The summed E-state index contributed by atoms with van der Waals surface area (Å²) in [5.41, 5.74) is 5.54. The predicted octanol–water partition coefficient (Wildman–Crippen LogP) is 2.81. The minimum absolute atomic E-state index is 0.298. The van der Waals surface area contributed by atoms with Gasteiger partial charge in [-0.3, -0.25) is 0 Å². The smallest absolute Gasteiger partial charge is 0.221 e. The molecule has 1 atom stereocenters. The standard InChI is InChI=1S/C10H17BrN4/c1-3-5-7(4-2)14-9-8(11)6-13-10(12)15-9/h6-7H,3-5H2,1-2H3,(H3,12,13,14,15). The van der Waals surface area contributed by atoms with E-state index >= 15 is 0 Å². The Morgan fingerprint density at radius 1 is 1.53 bits per heavy atom. The van der Waals surface area contributed by atoms with Crippen molar-refractivity contribution < 1.29 is 0 Å². The Labute approximate surface area is 98.8 Å². The summed E-state index contributed by atoms with van der Waals surface area (Å²) in [6.45, 7) is 4.33. The molecule has 0 saturated heterocycles. The van der Waals surface area contributed by atoms with Gasteiger partial charge in [0, 0.05) is 12.2 Å². The summed E-state index contributed by atoms with van der Waals surface area (Å²) in [4.78, 5) is 8.05. The second kappa shape index (κ2) is 5.90. The number of nitrogens with one attached hydrogen (secondary N) is 1. The molecule has 4 nitrogen and oxygen atoms in total. The van der Waals surface area contributed by atoms with Gasteiger partial charge in [-0.05, 0) is 28.8 Å². The molecule has 0 amide bonds. The average molecular weight is 273 g/mol. The van der Waals surface area contributed by atoms with Gasteiger partial charge in [-0.2, -0.15) is 4.98 Å². The average Bonchev–Trinajstić information content (AvgIpc) is 2.22. The molecule has 0 aliphatic heterocycles. The largest absolute Gasteiger partial charge is 0.368 e. The molecule has 1 aromatic rings. The van der Waals surface area contributed by atoms with Crippen molar-refractivity contribution in [3.63, 3.8) is 0 Å². The quantitative estimate of drug-likeness (QED) is 0.865. The second-order valence-electron chi connectivity index (χ2n) is 3.46. The molecule has 0 aromatic carbocycles. The zero-order valence-corrected chi connectivity index (χ0v) is 10.7. The molecular weight excluding hydrogens is 256 g/mol. The summed E-state index contributed by atoms with van der Waals surface area (Å²) in [6, 6.07) is 0.445. The van der Waals surface area contributed by atoms with E-state index in [2.05, 4.69) is 45.1 Å². The highest BCUT2D eigenvalue weighted by Gasteiger charge is 2.09. The Balaban J connectivity index is 2.73.